The van der Waals surface area contributed by atoms with Crippen molar-refractivity contribution in [3.8, 4) is 5.75 Å². The molecule has 1 aromatic heterocycles. The van der Waals surface area contributed by atoms with E-state index in [1.807, 2.05) is 18.2 Å². The van der Waals surface area contributed by atoms with Crippen molar-refractivity contribution < 1.29 is 14.3 Å². The molecule has 1 heterocycles. The maximum atomic E-state index is 11.1. The van der Waals surface area contributed by atoms with E-state index in [9.17, 15) is 4.79 Å². The maximum Gasteiger partial charge on any atom is 0.513 e. The molecule has 0 saturated heterocycles. The summed E-state index contributed by atoms with van der Waals surface area (Å²) in [5.74, 6) is 0.507. The zero-order valence-electron chi connectivity index (χ0n) is 8.32. The van der Waals surface area contributed by atoms with Crippen molar-refractivity contribution in [3.63, 3.8) is 0 Å². The minimum Gasteiger partial charge on any atom is -0.434 e. The Morgan fingerprint density at radius 3 is 3.07 bits per heavy atom. The normalized spacial score (nSPS) is 10.2. The van der Waals surface area contributed by atoms with E-state index < -0.39 is 6.16 Å². The standard InChI is InChI=1S/C11H11NO3/c1-2-14-11(13)15-10-5-3-4-9-8(10)6-7-12-9/h3-7,12H,2H2,1H3. The Kier molecular flexibility index (Phi) is 2.58. The molecule has 0 atom stereocenters. The van der Waals surface area contributed by atoms with Gasteiger partial charge in [-0.05, 0) is 25.1 Å². The Balaban J connectivity index is 2.27. The Bertz CT molecular complexity index is 475. The maximum absolute atomic E-state index is 11.1. The number of rotatable bonds is 2. The van der Waals surface area contributed by atoms with Crippen LogP contribution in [-0.4, -0.2) is 17.7 Å². The number of nitrogens with one attached hydrogen (secondary N) is 1. The van der Waals surface area contributed by atoms with Gasteiger partial charge in [0.25, 0.3) is 0 Å². The lowest BCUT2D eigenvalue weighted by Gasteiger charge is -2.04. The zero-order chi connectivity index (χ0) is 10.7. The summed E-state index contributed by atoms with van der Waals surface area (Å²) < 4.78 is 9.75. The second-order valence-corrected chi connectivity index (χ2v) is 2.98. The minimum absolute atomic E-state index is 0.307. The number of aromatic nitrogens is 1. The Morgan fingerprint density at radius 2 is 2.27 bits per heavy atom. The molecule has 0 spiro atoms. The number of carbonyl (C=O) groups is 1. The second kappa shape index (κ2) is 4.04. The van der Waals surface area contributed by atoms with E-state index in [-0.39, 0.29) is 0 Å². The fourth-order valence-corrected chi connectivity index (χ4v) is 1.38. The van der Waals surface area contributed by atoms with Crippen LogP contribution in [0.3, 0.4) is 0 Å². The van der Waals surface area contributed by atoms with Gasteiger partial charge in [0.2, 0.25) is 0 Å². The summed E-state index contributed by atoms with van der Waals surface area (Å²) >= 11 is 0. The van der Waals surface area contributed by atoms with E-state index in [0.717, 1.165) is 10.9 Å². The fourth-order valence-electron chi connectivity index (χ4n) is 1.38. The van der Waals surface area contributed by atoms with Gasteiger partial charge in [0.15, 0.2) is 0 Å². The molecule has 15 heavy (non-hydrogen) atoms. The van der Waals surface area contributed by atoms with E-state index in [2.05, 4.69) is 4.98 Å². The van der Waals surface area contributed by atoms with Crippen LogP contribution in [0, 0.1) is 0 Å². The van der Waals surface area contributed by atoms with Crippen molar-refractivity contribution in [2.75, 3.05) is 6.61 Å². The highest BCUT2D eigenvalue weighted by Crippen LogP contribution is 2.24. The summed E-state index contributed by atoms with van der Waals surface area (Å²) in [6.45, 7) is 2.04. The van der Waals surface area contributed by atoms with Crippen LogP contribution in [-0.2, 0) is 4.74 Å². The molecule has 4 nitrogen and oxygen atoms in total. The number of fused-ring (bicyclic) bond motifs is 1. The van der Waals surface area contributed by atoms with Crippen LogP contribution >= 0.6 is 0 Å². The highest BCUT2D eigenvalue weighted by atomic mass is 16.7. The summed E-state index contributed by atoms with van der Waals surface area (Å²) in [5, 5.41) is 0.866. The summed E-state index contributed by atoms with van der Waals surface area (Å²) in [5.41, 5.74) is 0.928. The van der Waals surface area contributed by atoms with Gasteiger partial charge < -0.3 is 14.5 Å². The Morgan fingerprint density at radius 1 is 1.40 bits per heavy atom. The molecule has 0 amide bonds. The van der Waals surface area contributed by atoms with E-state index in [4.69, 9.17) is 9.47 Å². The first kappa shape index (κ1) is 9.58. The van der Waals surface area contributed by atoms with Crippen LogP contribution in [0.5, 0.6) is 5.75 Å². The molecular formula is C11H11NO3. The molecule has 0 saturated carbocycles. The van der Waals surface area contributed by atoms with Gasteiger partial charge in [-0.3, -0.25) is 0 Å². The molecule has 0 bridgehead atoms. The third kappa shape index (κ3) is 1.93. The molecule has 0 unspecified atom stereocenters. The van der Waals surface area contributed by atoms with Crippen molar-refractivity contribution in [2.24, 2.45) is 0 Å². The van der Waals surface area contributed by atoms with Gasteiger partial charge in [0.05, 0.1) is 6.61 Å². The first-order valence-corrected chi connectivity index (χ1v) is 4.72. The molecule has 0 aliphatic carbocycles. The number of H-pyrrole nitrogens is 1. The molecule has 0 aliphatic heterocycles. The summed E-state index contributed by atoms with van der Waals surface area (Å²) in [4.78, 5) is 14.2. The van der Waals surface area contributed by atoms with Gasteiger partial charge in [-0.15, -0.1) is 0 Å². The van der Waals surface area contributed by atoms with E-state index in [1.165, 1.54) is 0 Å². The van der Waals surface area contributed by atoms with Crippen LogP contribution in [0.2, 0.25) is 0 Å². The van der Waals surface area contributed by atoms with Crippen LogP contribution < -0.4 is 4.74 Å². The predicted molar refractivity (Wildman–Crippen MR) is 55.9 cm³/mol. The Labute approximate surface area is 86.8 Å². The molecule has 78 valence electrons. The van der Waals surface area contributed by atoms with Gasteiger partial charge in [0, 0.05) is 17.1 Å². The fraction of sp³-hybridized carbons (Fsp3) is 0.182. The number of benzene rings is 1. The molecule has 0 aliphatic rings. The summed E-state index contributed by atoms with van der Waals surface area (Å²) in [7, 11) is 0. The van der Waals surface area contributed by atoms with Crippen LogP contribution in [0.15, 0.2) is 30.5 Å². The van der Waals surface area contributed by atoms with Crippen molar-refractivity contribution in [1.82, 2.24) is 4.98 Å². The lowest BCUT2D eigenvalue weighted by Crippen LogP contribution is -2.10. The second-order valence-electron chi connectivity index (χ2n) is 2.98. The minimum atomic E-state index is -0.675. The monoisotopic (exact) mass is 205 g/mol. The molecule has 1 aromatic carbocycles. The number of hydrogen-bond donors (Lipinski definition) is 1. The van der Waals surface area contributed by atoms with E-state index >= 15 is 0 Å². The van der Waals surface area contributed by atoms with E-state index in [1.54, 1.807) is 19.2 Å². The van der Waals surface area contributed by atoms with Crippen LogP contribution in [0.1, 0.15) is 6.92 Å². The van der Waals surface area contributed by atoms with Crippen molar-refractivity contribution in [2.45, 2.75) is 6.92 Å². The molecule has 2 rings (SSSR count). The van der Waals surface area contributed by atoms with Gasteiger partial charge in [-0.1, -0.05) is 6.07 Å². The smallest absolute Gasteiger partial charge is 0.434 e. The van der Waals surface area contributed by atoms with Gasteiger partial charge in [0.1, 0.15) is 5.75 Å². The molecule has 1 N–H and O–H groups in total. The highest BCUT2D eigenvalue weighted by Gasteiger charge is 2.08. The first-order chi connectivity index (χ1) is 7.31. The lowest BCUT2D eigenvalue weighted by molar-refractivity contribution is 0.105. The average molecular weight is 205 g/mol. The molecule has 2 aromatic rings. The molecule has 4 heteroatoms. The number of ether oxygens (including phenoxy) is 2. The SMILES string of the molecule is CCOC(=O)Oc1cccc2[nH]ccc12. The lowest BCUT2D eigenvalue weighted by atomic mass is 10.2. The number of carbonyl (C=O) groups excluding carboxylic acids is 1. The molecule has 0 fully saturated rings. The molecule has 0 radical (unpaired) electrons. The predicted octanol–water partition coefficient (Wildman–Crippen LogP) is 2.70. The van der Waals surface area contributed by atoms with Crippen LogP contribution in [0.4, 0.5) is 4.79 Å². The van der Waals surface area contributed by atoms with Crippen molar-refractivity contribution in [1.29, 1.82) is 0 Å². The number of hydrogen-bond acceptors (Lipinski definition) is 3. The third-order valence-electron chi connectivity index (χ3n) is 2.01. The summed E-state index contributed by atoms with van der Waals surface area (Å²) in [6, 6.07) is 7.30. The topological polar surface area (TPSA) is 51.3 Å². The van der Waals surface area contributed by atoms with E-state index in [0.29, 0.717) is 12.4 Å². The van der Waals surface area contributed by atoms with Gasteiger partial charge in [-0.2, -0.15) is 0 Å². The first-order valence-electron chi connectivity index (χ1n) is 4.72. The van der Waals surface area contributed by atoms with Crippen molar-refractivity contribution in [3.05, 3.63) is 30.5 Å². The third-order valence-corrected chi connectivity index (χ3v) is 2.01. The average Bonchev–Trinajstić information content (AvgIpc) is 2.67. The Hall–Kier alpha value is -1.97. The largest absolute Gasteiger partial charge is 0.513 e. The van der Waals surface area contributed by atoms with Gasteiger partial charge >= 0.3 is 6.16 Å². The summed E-state index contributed by atoms with van der Waals surface area (Å²) in [6.07, 6.45) is 1.12. The van der Waals surface area contributed by atoms with Crippen LogP contribution in [0.25, 0.3) is 10.9 Å². The molecular weight excluding hydrogens is 194 g/mol. The number of aromatic amines is 1. The highest BCUT2D eigenvalue weighted by molar-refractivity contribution is 5.87. The van der Waals surface area contributed by atoms with Gasteiger partial charge in [-0.25, -0.2) is 4.79 Å². The van der Waals surface area contributed by atoms with Crippen molar-refractivity contribution >= 4 is 17.1 Å². The quantitative estimate of drug-likeness (QED) is 0.605. The zero-order valence-corrected chi connectivity index (χ0v) is 8.32.